The maximum Gasteiger partial charge on any atom is 0.270 e. The standard InChI is InChI=1S/C27H31N3O3S/c1-17-9-11-19(12-10-17)16-34-27-28-21-15-24(33-3)23(32-2)14-20(21)25-29-26(31)22(30(25)27)13-18-7-5-4-6-8-18/h9-12,14-15,18,22H,4-8,13,16H2,1-3H3/t22-/m0/s1. The van der Waals surface area contributed by atoms with E-state index in [1.165, 1.54) is 43.2 Å². The van der Waals surface area contributed by atoms with Crippen molar-refractivity contribution < 1.29 is 14.3 Å². The molecule has 1 fully saturated rings. The van der Waals surface area contributed by atoms with Crippen LogP contribution in [0.4, 0.5) is 5.69 Å². The molecule has 5 rings (SSSR count). The van der Waals surface area contributed by atoms with Gasteiger partial charge in [-0.2, -0.15) is 4.99 Å². The molecule has 0 spiro atoms. The largest absolute Gasteiger partial charge is 0.493 e. The molecule has 7 heteroatoms. The number of fused-ring (bicyclic) bond motifs is 3. The first-order chi connectivity index (χ1) is 16.6. The molecule has 1 aliphatic carbocycles. The summed E-state index contributed by atoms with van der Waals surface area (Å²) >= 11 is 1.66. The van der Waals surface area contributed by atoms with Crippen LogP contribution in [0.1, 0.15) is 55.2 Å². The van der Waals surface area contributed by atoms with Gasteiger partial charge in [-0.25, -0.2) is 4.99 Å². The lowest BCUT2D eigenvalue weighted by molar-refractivity contribution is -0.120. The number of aryl methyl sites for hydroxylation is 1. The summed E-state index contributed by atoms with van der Waals surface area (Å²) in [6.45, 7) is 2.09. The van der Waals surface area contributed by atoms with Gasteiger partial charge in [0.05, 0.1) is 19.9 Å². The second-order valence-electron chi connectivity index (χ2n) is 9.29. The Kier molecular flexibility index (Phi) is 6.63. The smallest absolute Gasteiger partial charge is 0.270 e. The molecule has 0 unspecified atom stereocenters. The second kappa shape index (κ2) is 9.82. The molecule has 2 heterocycles. The summed E-state index contributed by atoms with van der Waals surface area (Å²) in [6.07, 6.45) is 7.02. The van der Waals surface area contributed by atoms with Crippen LogP contribution in [0.5, 0.6) is 11.5 Å². The van der Waals surface area contributed by atoms with E-state index in [1.807, 2.05) is 12.1 Å². The normalized spacial score (nSPS) is 19.9. The van der Waals surface area contributed by atoms with Gasteiger partial charge >= 0.3 is 0 Å². The number of amidine groups is 2. The predicted molar refractivity (Wildman–Crippen MR) is 137 cm³/mol. The van der Waals surface area contributed by atoms with Crippen LogP contribution in [0, 0.1) is 12.8 Å². The number of carbonyl (C=O) groups is 1. The van der Waals surface area contributed by atoms with Gasteiger partial charge in [-0.05, 0) is 30.9 Å². The van der Waals surface area contributed by atoms with Gasteiger partial charge in [0.15, 0.2) is 16.7 Å². The minimum Gasteiger partial charge on any atom is -0.493 e. The Morgan fingerprint density at radius 3 is 2.41 bits per heavy atom. The molecule has 0 N–H and O–H groups in total. The molecule has 0 saturated heterocycles. The van der Waals surface area contributed by atoms with Crippen molar-refractivity contribution in [3.8, 4) is 11.5 Å². The molecule has 178 valence electrons. The van der Waals surface area contributed by atoms with Crippen LogP contribution in [0.2, 0.25) is 0 Å². The average Bonchev–Trinajstić information content (AvgIpc) is 3.19. The zero-order valence-electron chi connectivity index (χ0n) is 20.0. The molecular weight excluding hydrogens is 446 g/mol. The molecule has 34 heavy (non-hydrogen) atoms. The molecule has 2 aliphatic heterocycles. The third-order valence-corrected chi connectivity index (χ3v) is 8.00. The average molecular weight is 478 g/mol. The molecule has 2 aromatic rings. The fraction of sp³-hybridized carbons (Fsp3) is 0.444. The summed E-state index contributed by atoms with van der Waals surface area (Å²) in [7, 11) is 3.23. The van der Waals surface area contributed by atoms with Gasteiger partial charge in [-0.1, -0.05) is 73.7 Å². The van der Waals surface area contributed by atoms with Crippen LogP contribution in [-0.2, 0) is 10.5 Å². The number of carbonyl (C=O) groups excluding carboxylic acids is 1. The van der Waals surface area contributed by atoms with E-state index in [0.29, 0.717) is 23.3 Å². The lowest BCUT2D eigenvalue weighted by Gasteiger charge is -2.33. The topological polar surface area (TPSA) is 63.5 Å². The first-order valence-corrected chi connectivity index (χ1v) is 13.0. The highest BCUT2D eigenvalue weighted by molar-refractivity contribution is 8.13. The van der Waals surface area contributed by atoms with E-state index in [2.05, 4.69) is 41.1 Å². The molecule has 0 radical (unpaired) electrons. The molecule has 0 aromatic heterocycles. The van der Waals surface area contributed by atoms with Crippen LogP contribution in [0.3, 0.4) is 0 Å². The van der Waals surface area contributed by atoms with Gasteiger partial charge in [-0.15, -0.1) is 0 Å². The van der Waals surface area contributed by atoms with E-state index < -0.39 is 0 Å². The molecule has 6 nitrogen and oxygen atoms in total. The maximum atomic E-state index is 13.2. The molecule has 1 saturated carbocycles. The lowest BCUT2D eigenvalue weighted by atomic mass is 9.84. The number of rotatable bonds is 6. The number of aliphatic imine (C=N–C) groups is 2. The number of amides is 1. The monoisotopic (exact) mass is 477 g/mol. The summed E-state index contributed by atoms with van der Waals surface area (Å²) in [4.78, 5) is 24.9. The summed E-state index contributed by atoms with van der Waals surface area (Å²) < 4.78 is 11.0. The van der Waals surface area contributed by atoms with E-state index in [4.69, 9.17) is 14.5 Å². The minimum atomic E-state index is -0.288. The van der Waals surface area contributed by atoms with Gasteiger partial charge in [0.2, 0.25) is 0 Å². The first-order valence-electron chi connectivity index (χ1n) is 12.0. The van der Waals surface area contributed by atoms with Crippen LogP contribution in [-0.4, -0.2) is 42.1 Å². The third kappa shape index (κ3) is 4.45. The summed E-state index contributed by atoms with van der Waals surface area (Å²) in [5.74, 6) is 3.18. The van der Waals surface area contributed by atoms with Crippen molar-refractivity contribution in [3.05, 3.63) is 53.1 Å². The van der Waals surface area contributed by atoms with E-state index in [9.17, 15) is 4.79 Å². The summed E-state index contributed by atoms with van der Waals surface area (Å²) in [5, 5.41) is 0.825. The Labute approximate surface area is 205 Å². The summed E-state index contributed by atoms with van der Waals surface area (Å²) in [6, 6.07) is 12.0. The minimum absolute atomic E-state index is 0.0631. The summed E-state index contributed by atoms with van der Waals surface area (Å²) in [5.41, 5.74) is 4.04. The highest BCUT2D eigenvalue weighted by atomic mass is 32.2. The van der Waals surface area contributed by atoms with Gasteiger partial charge in [0.1, 0.15) is 11.9 Å². The molecule has 0 bridgehead atoms. The molecule has 3 aliphatic rings. The number of hydrogen-bond donors (Lipinski definition) is 0. The predicted octanol–water partition coefficient (Wildman–Crippen LogP) is 5.87. The molecule has 1 atom stereocenters. The van der Waals surface area contributed by atoms with Gasteiger partial charge in [0.25, 0.3) is 5.91 Å². The Hall–Kier alpha value is -2.80. The van der Waals surface area contributed by atoms with E-state index in [1.54, 1.807) is 26.0 Å². The number of hydrogen-bond acceptors (Lipinski definition) is 6. The van der Waals surface area contributed by atoms with Crippen molar-refractivity contribution in [2.24, 2.45) is 15.9 Å². The fourth-order valence-electron chi connectivity index (χ4n) is 5.08. The molecule has 2 aromatic carbocycles. The quantitative estimate of drug-likeness (QED) is 0.520. The van der Waals surface area contributed by atoms with Gasteiger partial charge in [-0.3, -0.25) is 9.69 Å². The van der Waals surface area contributed by atoms with Crippen molar-refractivity contribution in [1.82, 2.24) is 4.90 Å². The first kappa shape index (κ1) is 23.0. The Balaban J connectivity index is 1.50. The second-order valence-corrected chi connectivity index (χ2v) is 10.2. The Morgan fingerprint density at radius 2 is 1.71 bits per heavy atom. The van der Waals surface area contributed by atoms with Crippen LogP contribution in [0.25, 0.3) is 0 Å². The van der Waals surface area contributed by atoms with Crippen molar-refractivity contribution in [2.75, 3.05) is 14.2 Å². The van der Waals surface area contributed by atoms with Gasteiger partial charge in [0, 0.05) is 17.4 Å². The zero-order valence-corrected chi connectivity index (χ0v) is 20.9. The van der Waals surface area contributed by atoms with Crippen molar-refractivity contribution >= 4 is 34.4 Å². The highest BCUT2D eigenvalue weighted by Crippen LogP contribution is 2.42. The van der Waals surface area contributed by atoms with Crippen LogP contribution in [0.15, 0.2) is 46.4 Å². The van der Waals surface area contributed by atoms with Crippen LogP contribution < -0.4 is 9.47 Å². The number of thioether (sulfide) groups is 1. The highest BCUT2D eigenvalue weighted by Gasteiger charge is 2.43. The third-order valence-electron chi connectivity index (χ3n) is 6.98. The van der Waals surface area contributed by atoms with E-state index in [0.717, 1.165) is 28.6 Å². The molecule has 1 amide bonds. The number of ether oxygens (including phenoxy) is 2. The lowest BCUT2D eigenvalue weighted by Crippen LogP contribution is -2.44. The van der Waals surface area contributed by atoms with Crippen molar-refractivity contribution in [3.63, 3.8) is 0 Å². The number of nitrogens with zero attached hydrogens (tertiary/aromatic N) is 3. The molecular formula is C27H31N3O3S. The van der Waals surface area contributed by atoms with Crippen molar-refractivity contribution in [1.29, 1.82) is 0 Å². The Morgan fingerprint density at radius 1 is 1.00 bits per heavy atom. The van der Waals surface area contributed by atoms with Gasteiger partial charge < -0.3 is 9.47 Å². The number of benzene rings is 2. The van der Waals surface area contributed by atoms with E-state index in [-0.39, 0.29) is 11.9 Å². The SMILES string of the molecule is COc1cc2c(cc1OC)C1=NC(=O)[C@H](CC3CCCCC3)N1C(SCc1ccc(C)cc1)=N2. The maximum absolute atomic E-state index is 13.2. The van der Waals surface area contributed by atoms with E-state index >= 15 is 0 Å². The Bertz CT molecular complexity index is 1140. The van der Waals surface area contributed by atoms with Crippen LogP contribution >= 0.6 is 11.8 Å². The fourth-order valence-corrected chi connectivity index (χ4v) is 6.08. The van der Waals surface area contributed by atoms with Crippen molar-refractivity contribution in [2.45, 2.75) is 57.2 Å². The zero-order chi connectivity index (χ0) is 23.7. The number of methoxy groups -OCH3 is 2.